The quantitative estimate of drug-likeness (QED) is 0.806. The first-order valence-electron chi connectivity index (χ1n) is 8.00. The van der Waals surface area contributed by atoms with Crippen LogP contribution in [0.3, 0.4) is 0 Å². The maximum absolute atomic E-state index is 5.93. The minimum absolute atomic E-state index is 0.349. The van der Waals surface area contributed by atoms with Crippen LogP contribution in [0.2, 0.25) is 0 Å². The maximum atomic E-state index is 5.93. The summed E-state index contributed by atoms with van der Waals surface area (Å²) >= 11 is 0. The molecular weight excluding hydrogens is 266 g/mol. The number of anilines is 1. The van der Waals surface area contributed by atoms with Gasteiger partial charge in [-0.2, -0.15) is 0 Å². The van der Waals surface area contributed by atoms with Crippen LogP contribution in [-0.2, 0) is 4.74 Å². The molecule has 1 heterocycles. The largest absolute Gasteiger partial charge is 0.478 e. The molecule has 5 heteroatoms. The van der Waals surface area contributed by atoms with Gasteiger partial charge >= 0.3 is 0 Å². The smallest absolute Gasteiger partial charge is 0.218 e. The molecule has 0 N–H and O–H groups in total. The second-order valence-electron chi connectivity index (χ2n) is 6.04. The molecule has 0 radical (unpaired) electrons. The number of hydrogen-bond acceptors (Lipinski definition) is 5. The zero-order valence-corrected chi connectivity index (χ0v) is 13.2. The lowest BCUT2D eigenvalue weighted by atomic mass is 9.50. The van der Waals surface area contributed by atoms with Gasteiger partial charge in [0.05, 0.1) is 12.7 Å². The van der Waals surface area contributed by atoms with Crippen molar-refractivity contribution in [3.63, 3.8) is 0 Å². The van der Waals surface area contributed by atoms with E-state index >= 15 is 0 Å². The van der Waals surface area contributed by atoms with E-state index in [4.69, 9.17) is 9.47 Å². The van der Waals surface area contributed by atoms with Crippen molar-refractivity contribution in [1.82, 2.24) is 9.97 Å². The number of ether oxygens (including phenoxy) is 2. The van der Waals surface area contributed by atoms with Gasteiger partial charge < -0.3 is 14.4 Å². The van der Waals surface area contributed by atoms with Gasteiger partial charge in [0, 0.05) is 31.2 Å². The summed E-state index contributed by atoms with van der Waals surface area (Å²) < 4.78 is 11.4. The lowest BCUT2D eigenvalue weighted by molar-refractivity contribution is -0.164. The van der Waals surface area contributed by atoms with Gasteiger partial charge in [0.2, 0.25) is 5.88 Å². The highest BCUT2D eigenvalue weighted by Crippen LogP contribution is 2.59. The second-order valence-corrected chi connectivity index (χ2v) is 6.04. The standard InChI is InChI=1S/C16H25N3O2/c1-4-20-13-9-12(16(13)7-6-8-16)19(3)14-10-15(21-5-2)18-11-17-14/h10-13H,4-9H2,1-3H3. The predicted octanol–water partition coefficient (Wildman–Crippen LogP) is 2.66. The van der Waals surface area contributed by atoms with Crippen LogP contribution in [0.5, 0.6) is 5.88 Å². The van der Waals surface area contributed by atoms with Gasteiger partial charge in [-0.05, 0) is 33.1 Å². The first-order valence-corrected chi connectivity index (χ1v) is 8.00. The summed E-state index contributed by atoms with van der Waals surface area (Å²) in [6, 6.07) is 2.45. The molecule has 0 aromatic carbocycles. The Balaban J connectivity index is 1.73. The average Bonchev–Trinajstić information content (AvgIpc) is 2.41. The van der Waals surface area contributed by atoms with Crippen molar-refractivity contribution in [3.8, 4) is 5.88 Å². The number of aromatic nitrogens is 2. The molecule has 0 amide bonds. The molecule has 2 aliphatic carbocycles. The first kappa shape index (κ1) is 14.6. The van der Waals surface area contributed by atoms with Crippen molar-refractivity contribution in [2.45, 2.75) is 51.7 Å². The first-order chi connectivity index (χ1) is 10.2. The summed E-state index contributed by atoms with van der Waals surface area (Å²) in [4.78, 5) is 10.8. The highest BCUT2D eigenvalue weighted by Gasteiger charge is 2.60. The van der Waals surface area contributed by atoms with Gasteiger partial charge in [0.25, 0.3) is 0 Å². The maximum Gasteiger partial charge on any atom is 0.218 e. The minimum Gasteiger partial charge on any atom is -0.478 e. The summed E-state index contributed by atoms with van der Waals surface area (Å²) in [5.74, 6) is 1.59. The molecular formula is C16H25N3O2. The Hall–Kier alpha value is -1.36. The van der Waals surface area contributed by atoms with E-state index < -0.39 is 0 Å². The topological polar surface area (TPSA) is 47.5 Å². The van der Waals surface area contributed by atoms with Crippen LogP contribution in [0.15, 0.2) is 12.4 Å². The summed E-state index contributed by atoms with van der Waals surface area (Å²) in [7, 11) is 2.13. The van der Waals surface area contributed by atoms with Crippen LogP contribution < -0.4 is 9.64 Å². The zero-order chi connectivity index (χ0) is 14.9. The molecule has 3 rings (SSSR count). The van der Waals surface area contributed by atoms with Crippen molar-refractivity contribution < 1.29 is 9.47 Å². The Kier molecular flexibility index (Phi) is 4.02. The van der Waals surface area contributed by atoms with E-state index in [0.717, 1.165) is 18.8 Å². The van der Waals surface area contributed by atoms with Gasteiger partial charge in [-0.1, -0.05) is 6.42 Å². The Morgan fingerprint density at radius 1 is 1.29 bits per heavy atom. The lowest BCUT2D eigenvalue weighted by Gasteiger charge is -2.63. The number of hydrogen-bond donors (Lipinski definition) is 0. The predicted molar refractivity (Wildman–Crippen MR) is 81.7 cm³/mol. The van der Waals surface area contributed by atoms with Crippen molar-refractivity contribution >= 4 is 5.82 Å². The molecule has 1 aromatic rings. The summed E-state index contributed by atoms with van der Waals surface area (Å²) in [5.41, 5.74) is 0.349. The fourth-order valence-corrected chi connectivity index (χ4v) is 3.85. The normalized spacial score (nSPS) is 26.0. The number of rotatable bonds is 6. The zero-order valence-electron chi connectivity index (χ0n) is 13.2. The Bertz CT molecular complexity index is 490. The highest BCUT2D eigenvalue weighted by atomic mass is 16.5. The van der Waals surface area contributed by atoms with E-state index in [0.29, 0.717) is 30.0 Å². The summed E-state index contributed by atoms with van der Waals surface area (Å²) in [6.07, 6.45) is 6.98. The molecule has 0 saturated heterocycles. The van der Waals surface area contributed by atoms with Crippen LogP contribution in [-0.4, -0.2) is 42.4 Å². The monoisotopic (exact) mass is 291 g/mol. The van der Waals surface area contributed by atoms with Gasteiger partial charge in [0.15, 0.2) is 0 Å². The van der Waals surface area contributed by atoms with Crippen molar-refractivity contribution in [2.75, 3.05) is 25.2 Å². The van der Waals surface area contributed by atoms with Crippen LogP contribution in [0, 0.1) is 5.41 Å². The Morgan fingerprint density at radius 3 is 2.71 bits per heavy atom. The van der Waals surface area contributed by atoms with Gasteiger partial charge in [-0.3, -0.25) is 0 Å². The molecule has 21 heavy (non-hydrogen) atoms. The van der Waals surface area contributed by atoms with E-state index in [9.17, 15) is 0 Å². The Morgan fingerprint density at radius 2 is 2.10 bits per heavy atom. The van der Waals surface area contributed by atoms with E-state index in [2.05, 4.69) is 28.8 Å². The molecule has 2 saturated carbocycles. The molecule has 2 fully saturated rings. The number of nitrogens with zero attached hydrogens (tertiary/aromatic N) is 3. The van der Waals surface area contributed by atoms with Crippen LogP contribution in [0.25, 0.3) is 0 Å². The fourth-order valence-electron chi connectivity index (χ4n) is 3.85. The molecule has 0 aliphatic heterocycles. The van der Waals surface area contributed by atoms with Gasteiger partial charge in [-0.15, -0.1) is 0 Å². The molecule has 2 aliphatic rings. The molecule has 116 valence electrons. The third-order valence-electron chi connectivity index (χ3n) is 5.14. The minimum atomic E-state index is 0.349. The van der Waals surface area contributed by atoms with E-state index in [1.54, 1.807) is 6.33 Å². The van der Waals surface area contributed by atoms with E-state index in [1.807, 2.05) is 13.0 Å². The second kappa shape index (κ2) is 5.79. The average molecular weight is 291 g/mol. The highest BCUT2D eigenvalue weighted by molar-refractivity contribution is 5.43. The molecule has 2 atom stereocenters. The fraction of sp³-hybridized carbons (Fsp3) is 0.750. The van der Waals surface area contributed by atoms with Crippen LogP contribution >= 0.6 is 0 Å². The van der Waals surface area contributed by atoms with Crippen LogP contribution in [0.1, 0.15) is 39.5 Å². The van der Waals surface area contributed by atoms with Crippen molar-refractivity contribution in [1.29, 1.82) is 0 Å². The van der Waals surface area contributed by atoms with Gasteiger partial charge in [-0.25, -0.2) is 9.97 Å². The van der Waals surface area contributed by atoms with Crippen molar-refractivity contribution in [2.24, 2.45) is 5.41 Å². The summed E-state index contributed by atoms with van der Waals surface area (Å²) in [5, 5.41) is 0. The molecule has 0 bridgehead atoms. The van der Waals surface area contributed by atoms with Crippen molar-refractivity contribution in [3.05, 3.63) is 12.4 Å². The Labute approximate surface area is 126 Å². The molecule has 1 aromatic heterocycles. The SMILES string of the molecule is CCOc1cc(N(C)C2CC(OCC)C23CCC3)ncn1. The van der Waals surface area contributed by atoms with E-state index in [-0.39, 0.29) is 0 Å². The van der Waals surface area contributed by atoms with Crippen LogP contribution in [0.4, 0.5) is 5.82 Å². The lowest BCUT2D eigenvalue weighted by Crippen LogP contribution is -2.67. The molecule has 5 nitrogen and oxygen atoms in total. The molecule has 1 spiro atoms. The van der Waals surface area contributed by atoms with Gasteiger partial charge in [0.1, 0.15) is 12.1 Å². The third-order valence-corrected chi connectivity index (χ3v) is 5.14. The molecule has 2 unspecified atom stereocenters. The third kappa shape index (κ3) is 2.37. The van der Waals surface area contributed by atoms with E-state index in [1.165, 1.54) is 19.3 Å². The summed E-state index contributed by atoms with van der Waals surface area (Å²) in [6.45, 7) is 5.49.